The van der Waals surface area contributed by atoms with E-state index in [9.17, 15) is 8.42 Å². The molecular formula is C17H25N3O2S. The Bertz CT molecular complexity index is 773. The van der Waals surface area contributed by atoms with E-state index in [-0.39, 0.29) is 5.41 Å². The first kappa shape index (κ1) is 17.7. The Morgan fingerprint density at radius 3 is 2.48 bits per heavy atom. The maximum absolute atomic E-state index is 12.7. The summed E-state index contributed by atoms with van der Waals surface area (Å²) in [7, 11) is -3.53. The van der Waals surface area contributed by atoms with Crippen LogP contribution in [0.3, 0.4) is 0 Å². The van der Waals surface area contributed by atoms with Gasteiger partial charge < -0.3 is 4.98 Å². The highest BCUT2D eigenvalue weighted by molar-refractivity contribution is 7.89. The number of H-pyrrole nitrogens is 1. The van der Waals surface area contributed by atoms with Crippen molar-refractivity contribution in [3.63, 3.8) is 0 Å². The predicted octanol–water partition coefficient (Wildman–Crippen LogP) is 2.85. The maximum atomic E-state index is 12.7. The zero-order valence-corrected chi connectivity index (χ0v) is 15.2. The Morgan fingerprint density at radius 2 is 1.91 bits per heavy atom. The Morgan fingerprint density at radius 1 is 1.22 bits per heavy atom. The summed E-state index contributed by atoms with van der Waals surface area (Å²) < 4.78 is 28.0. The van der Waals surface area contributed by atoms with Gasteiger partial charge in [0.2, 0.25) is 10.0 Å². The molecule has 1 aromatic heterocycles. The molecular weight excluding hydrogens is 310 g/mol. The van der Waals surface area contributed by atoms with Gasteiger partial charge in [0, 0.05) is 24.9 Å². The van der Waals surface area contributed by atoms with E-state index in [1.807, 2.05) is 13.8 Å². The molecule has 6 heteroatoms. The number of sulfonamides is 1. The van der Waals surface area contributed by atoms with Crippen molar-refractivity contribution in [2.24, 2.45) is 0 Å². The van der Waals surface area contributed by atoms with Crippen LogP contribution in [-0.2, 0) is 21.9 Å². The first-order chi connectivity index (χ1) is 10.6. The lowest BCUT2D eigenvalue weighted by Gasteiger charge is -2.22. The normalized spacial score (nSPS) is 12.6. The van der Waals surface area contributed by atoms with E-state index in [1.165, 1.54) is 0 Å². The second kappa shape index (κ2) is 6.45. The average Bonchev–Trinajstić information content (AvgIpc) is 2.93. The second-order valence-electron chi connectivity index (χ2n) is 6.89. The number of aryl methyl sites for hydroxylation is 1. The first-order valence-electron chi connectivity index (χ1n) is 7.70. The maximum Gasteiger partial charge on any atom is 0.240 e. The number of aromatic nitrogens is 2. The van der Waals surface area contributed by atoms with Gasteiger partial charge in [0.05, 0.1) is 11.2 Å². The number of imidazole rings is 1. The van der Waals surface area contributed by atoms with Gasteiger partial charge in [-0.15, -0.1) is 0 Å². The quantitative estimate of drug-likeness (QED) is 0.882. The lowest BCUT2D eigenvalue weighted by molar-refractivity contribution is 0.574. The molecule has 0 aliphatic heterocycles. The highest BCUT2D eigenvalue weighted by Gasteiger charge is 2.22. The molecule has 0 spiro atoms. The topological polar surface area (TPSA) is 74.8 Å². The molecule has 5 nitrogen and oxygen atoms in total. The number of aromatic amines is 1. The molecule has 2 N–H and O–H groups in total. The minimum atomic E-state index is -3.53. The molecule has 0 unspecified atom stereocenters. The van der Waals surface area contributed by atoms with Crippen molar-refractivity contribution >= 4 is 10.0 Å². The van der Waals surface area contributed by atoms with Crippen molar-refractivity contribution < 1.29 is 8.42 Å². The smallest absolute Gasteiger partial charge is 0.240 e. The van der Waals surface area contributed by atoms with E-state index < -0.39 is 10.0 Å². The highest BCUT2D eigenvalue weighted by Crippen LogP contribution is 2.28. The van der Waals surface area contributed by atoms with E-state index in [1.54, 1.807) is 18.6 Å². The van der Waals surface area contributed by atoms with E-state index in [0.717, 1.165) is 22.4 Å². The van der Waals surface area contributed by atoms with E-state index in [2.05, 4.69) is 41.5 Å². The van der Waals surface area contributed by atoms with Gasteiger partial charge in [-0.1, -0.05) is 26.8 Å². The summed E-state index contributed by atoms with van der Waals surface area (Å²) in [5.41, 5.74) is 3.62. The molecule has 1 aromatic carbocycles. The first-order valence-corrected chi connectivity index (χ1v) is 9.18. The van der Waals surface area contributed by atoms with Crippen LogP contribution in [-0.4, -0.2) is 24.9 Å². The standard InChI is InChI=1S/C17H25N3O2S/c1-12-8-14(17(3,4)5)9-16(13(12)2)23(21,22)20-7-6-15-10-18-11-19-15/h8-11,20H,6-7H2,1-5H3,(H,18,19). The van der Waals surface area contributed by atoms with Gasteiger partial charge in [-0.2, -0.15) is 0 Å². The van der Waals surface area contributed by atoms with E-state index in [0.29, 0.717) is 17.9 Å². The van der Waals surface area contributed by atoms with Crippen LogP contribution in [0.4, 0.5) is 0 Å². The lowest BCUT2D eigenvalue weighted by atomic mass is 9.85. The van der Waals surface area contributed by atoms with Crippen molar-refractivity contribution in [3.05, 3.63) is 47.0 Å². The van der Waals surface area contributed by atoms with Crippen LogP contribution in [0.25, 0.3) is 0 Å². The van der Waals surface area contributed by atoms with Crippen molar-refractivity contribution in [1.29, 1.82) is 0 Å². The molecule has 23 heavy (non-hydrogen) atoms. The van der Waals surface area contributed by atoms with Gasteiger partial charge in [-0.3, -0.25) is 0 Å². The zero-order valence-electron chi connectivity index (χ0n) is 14.4. The Balaban J connectivity index is 2.26. The van der Waals surface area contributed by atoms with Crippen LogP contribution in [0.2, 0.25) is 0 Å². The van der Waals surface area contributed by atoms with Gasteiger partial charge in [-0.05, 0) is 42.0 Å². The Kier molecular flexibility index (Phi) is 4.96. The highest BCUT2D eigenvalue weighted by atomic mass is 32.2. The van der Waals surface area contributed by atoms with Gasteiger partial charge in [-0.25, -0.2) is 18.1 Å². The molecule has 0 aliphatic rings. The third-order valence-electron chi connectivity index (χ3n) is 4.02. The predicted molar refractivity (Wildman–Crippen MR) is 92.1 cm³/mol. The summed E-state index contributed by atoms with van der Waals surface area (Å²) in [6.07, 6.45) is 3.87. The van der Waals surface area contributed by atoms with E-state index in [4.69, 9.17) is 0 Å². The van der Waals surface area contributed by atoms with Gasteiger partial charge in [0.25, 0.3) is 0 Å². The fourth-order valence-corrected chi connectivity index (χ4v) is 3.73. The van der Waals surface area contributed by atoms with Crippen LogP contribution in [0.1, 0.15) is 43.2 Å². The molecule has 0 aliphatic carbocycles. The van der Waals surface area contributed by atoms with Crippen LogP contribution >= 0.6 is 0 Å². The summed E-state index contributed by atoms with van der Waals surface area (Å²) >= 11 is 0. The van der Waals surface area contributed by atoms with Gasteiger partial charge in [0.1, 0.15) is 0 Å². The number of nitrogens with zero attached hydrogens (tertiary/aromatic N) is 1. The zero-order chi connectivity index (χ0) is 17.3. The lowest BCUT2D eigenvalue weighted by Crippen LogP contribution is -2.27. The summed E-state index contributed by atoms with van der Waals surface area (Å²) in [5.74, 6) is 0. The summed E-state index contributed by atoms with van der Waals surface area (Å²) in [5, 5.41) is 0. The van der Waals surface area contributed by atoms with Crippen molar-refractivity contribution in [1.82, 2.24) is 14.7 Å². The van der Waals surface area contributed by atoms with Crippen LogP contribution in [0.5, 0.6) is 0 Å². The molecule has 126 valence electrons. The van der Waals surface area contributed by atoms with Crippen LogP contribution in [0.15, 0.2) is 29.6 Å². The summed E-state index contributed by atoms with van der Waals surface area (Å²) in [4.78, 5) is 7.26. The minimum absolute atomic E-state index is 0.0986. The molecule has 0 bridgehead atoms. The van der Waals surface area contributed by atoms with Gasteiger partial charge >= 0.3 is 0 Å². The van der Waals surface area contributed by atoms with Crippen molar-refractivity contribution in [3.8, 4) is 0 Å². The fraction of sp³-hybridized carbons (Fsp3) is 0.471. The number of nitrogens with one attached hydrogen (secondary N) is 2. The number of hydrogen-bond acceptors (Lipinski definition) is 3. The molecule has 2 aromatic rings. The van der Waals surface area contributed by atoms with Crippen LogP contribution in [0, 0.1) is 13.8 Å². The molecule has 0 amide bonds. The van der Waals surface area contributed by atoms with Crippen LogP contribution < -0.4 is 4.72 Å². The molecule has 0 saturated heterocycles. The number of benzene rings is 1. The molecule has 0 fully saturated rings. The largest absolute Gasteiger partial charge is 0.348 e. The SMILES string of the molecule is Cc1cc(C(C)(C)C)cc(S(=O)(=O)NCCc2cnc[nH]2)c1C. The minimum Gasteiger partial charge on any atom is -0.348 e. The average molecular weight is 335 g/mol. The monoisotopic (exact) mass is 335 g/mol. The van der Waals surface area contributed by atoms with Crippen molar-refractivity contribution in [2.75, 3.05) is 6.54 Å². The third-order valence-corrected chi connectivity index (χ3v) is 5.60. The fourth-order valence-electron chi connectivity index (χ4n) is 2.36. The number of hydrogen-bond donors (Lipinski definition) is 2. The summed E-state index contributed by atoms with van der Waals surface area (Å²) in [6.45, 7) is 10.4. The molecule has 0 saturated carbocycles. The number of rotatable bonds is 5. The molecule has 2 rings (SSSR count). The van der Waals surface area contributed by atoms with E-state index >= 15 is 0 Å². The molecule has 0 atom stereocenters. The Hall–Kier alpha value is -1.66. The van der Waals surface area contributed by atoms with Gasteiger partial charge in [0.15, 0.2) is 0 Å². The molecule has 1 heterocycles. The van der Waals surface area contributed by atoms with Crippen molar-refractivity contribution in [2.45, 2.75) is 51.3 Å². The summed E-state index contributed by atoms with van der Waals surface area (Å²) in [6, 6.07) is 3.86. The third kappa shape index (κ3) is 4.20. The molecule has 0 radical (unpaired) electrons. The Labute approximate surface area is 138 Å². The second-order valence-corrected chi connectivity index (χ2v) is 8.63.